The van der Waals surface area contributed by atoms with Crippen LogP contribution in [0.1, 0.15) is 38.2 Å². The van der Waals surface area contributed by atoms with Crippen LogP contribution >= 0.6 is 0 Å². The molecule has 0 saturated carbocycles. The molecule has 27 heavy (non-hydrogen) atoms. The zero-order valence-corrected chi connectivity index (χ0v) is 17.1. The van der Waals surface area contributed by atoms with Crippen LogP contribution in [0.4, 0.5) is 0 Å². The molecule has 7 heteroatoms. The van der Waals surface area contributed by atoms with E-state index in [1.165, 1.54) is 0 Å². The van der Waals surface area contributed by atoms with Gasteiger partial charge in [-0.05, 0) is 64.1 Å². The van der Waals surface area contributed by atoms with Gasteiger partial charge in [-0.25, -0.2) is 13.1 Å². The molecule has 0 radical (unpaired) electrons. The number of carbonyl (C=O) groups is 1. The van der Waals surface area contributed by atoms with Crippen LogP contribution < -0.4 is 10.0 Å². The molecule has 0 bridgehead atoms. The van der Waals surface area contributed by atoms with Gasteiger partial charge in [0.25, 0.3) is 0 Å². The second kappa shape index (κ2) is 8.71. The van der Waals surface area contributed by atoms with E-state index in [0.29, 0.717) is 24.0 Å². The van der Waals surface area contributed by atoms with Crippen LogP contribution in [0.3, 0.4) is 0 Å². The van der Waals surface area contributed by atoms with Crippen LogP contribution in [-0.2, 0) is 14.8 Å². The fourth-order valence-corrected chi connectivity index (χ4v) is 5.19. The Morgan fingerprint density at radius 1 is 1.26 bits per heavy atom. The molecule has 1 aromatic rings. The highest BCUT2D eigenvalue weighted by Gasteiger charge is 2.31. The first kappa shape index (κ1) is 20.3. The van der Waals surface area contributed by atoms with Crippen molar-refractivity contribution in [1.29, 1.82) is 0 Å². The summed E-state index contributed by atoms with van der Waals surface area (Å²) in [5.41, 5.74) is 1.03. The summed E-state index contributed by atoms with van der Waals surface area (Å²) >= 11 is 0. The number of aryl methyl sites for hydroxylation is 1. The minimum atomic E-state index is -3.50. The number of piperidine rings is 2. The molecule has 2 saturated heterocycles. The number of nitrogens with one attached hydrogen (secondary N) is 2. The van der Waals surface area contributed by atoms with Crippen molar-refractivity contribution in [3.8, 4) is 0 Å². The van der Waals surface area contributed by atoms with Gasteiger partial charge in [0.1, 0.15) is 0 Å². The highest BCUT2D eigenvalue weighted by Crippen LogP contribution is 2.23. The minimum Gasteiger partial charge on any atom is -0.342 e. The maximum atomic E-state index is 12.9. The Morgan fingerprint density at radius 3 is 2.70 bits per heavy atom. The van der Waals surface area contributed by atoms with Crippen molar-refractivity contribution < 1.29 is 13.2 Å². The summed E-state index contributed by atoms with van der Waals surface area (Å²) in [6.45, 7) is 6.76. The van der Waals surface area contributed by atoms with E-state index in [4.69, 9.17) is 0 Å². The zero-order valence-electron chi connectivity index (χ0n) is 16.3. The summed E-state index contributed by atoms with van der Waals surface area (Å²) in [7, 11) is -3.50. The Balaban J connectivity index is 1.55. The van der Waals surface area contributed by atoms with Gasteiger partial charge in [0.15, 0.2) is 0 Å². The minimum absolute atomic E-state index is 0.101. The van der Waals surface area contributed by atoms with Crippen molar-refractivity contribution in [2.45, 2.75) is 50.5 Å². The molecule has 3 rings (SSSR count). The van der Waals surface area contributed by atoms with Crippen molar-refractivity contribution in [1.82, 2.24) is 14.9 Å². The molecule has 1 amide bonds. The van der Waals surface area contributed by atoms with Gasteiger partial charge >= 0.3 is 0 Å². The Morgan fingerprint density at radius 2 is 2.00 bits per heavy atom. The van der Waals surface area contributed by atoms with Gasteiger partial charge in [0, 0.05) is 31.6 Å². The summed E-state index contributed by atoms with van der Waals surface area (Å²) in [5.74, 6) is 0.515. The van der Waals surface area contributed by atoms with Gasteiger partial charge in [-0.15, -0.1) is 0 Å². The highest BCUT2D eigenvalue weighted by atomic mass is 32.2. The maximum absolute atomic E-state index is 12.9. The normalized spacial score (nSPS) is 26.7. The van der Waals surface area contributed by atoms with Crippen molar-refractivity contribution in [3.63, 3.8) is 0 Å². The smallest absolute Gasteiger partial charge is 0.240 e. The van der Waals surface area contributed by atoms with Gasteiger partial charge in [-0.2, -0.15) is 0 Å². The van der Waals surface area contributed by atoms with Crippen LogP contribution in [0.2, 0.25) is 0 Å². The average Bonchev–Trinajstić information content (AvgIpc) is 2.66. The lowest BCUT2D eigenvalue weighted by atomic mass is 9.90. The molecule has 2 aliphatic rings. The molecular weight excluding hydrogens is 362 g/mol. The number of amides is 1. The van der Waals surface area contributed by atoms with Crippen molar-refractivity contribution in [2.24, 2.45) is 11.8 Å². The van der Waals surface area contributed by atoms with Gasteiger partial charge in [-0.3, -0.25) is 4.79 Å². The lowest BCUT2D eigenvalue weighted by Crippen LogP contribution is -2.48. The molecule has 2 fully saturated rings. The van der Waals surface area contributed by atoms with E-state index in [2.05, 4.69) is 17.0 Å². The van der Waals surface area contributed by atoms with E-state index in [1.54, 1.807) is 24.3 Å². The molecule has 3 atom stereocenters. The monoisotopic (exact) mass is 393 g/mol. The topological polar surface area (TPSA) is 78.5 Å². The van der Waals surface area contributed by atoms with Crippen LogP contribution in [0.15, 0.2) is 29.2 Å². The Hall–Kier alpha value is -1.44. The maximum Gasteiger partial charge on any atom is 0.240 e. The first-order valence-corrected chi connectivity index (χ1v) is 11.4. The summed E-state index contributed by atoms with van der Waals surface area (Å²) in [6, 6.07) is 7.25. The number of hydrogen-bond acceptors (Lipinski definition) is 4. The summed E-state index contributed by atoms with van der Waals surface area (Å²) in [5, 5.41) is 3.39. The summed E-state index contributed by atoms with van der Waals surface area (Å²) in [4.78, 5) is 15.1. The molecule has 1 unspecified atom stereocenters. The van der Waals surface area contributed by atoms with Crippen LogP contribution in [-0.4, -0.2) is 51.4 Å². The SMILES string of the molecule is Cc1ccc(S(=O)(=O)NCC2CCCN(C(=O)[C@H]3CCN[C@@H](C)C3)C2)cc1. The van der Waals surface area contributed by atoms with E-state index >= 15 is 0 Å². The fourth-order valence-electron chi connectivity index (χ4n) is 4.07. The predicted octanol–water partition coefficient (Wildman–Crippen LogP) is 1.90. The quantitative estimate of drug-likeness (QED) is 0.801. The average molecular weight is 394 g/mol. The molecule has 6 nitrogen and oxygen atoms in total. The van der Waals surface area contributed by atoms with Gasteiger partial charge in [-0.1, -0.05) is 17.7 Å². The lowest BCUT2D eigenvalue weighted by molar-refractivity contribution is -0.138. The molecular formula is C20H31N3O3S. The Labute approximate surface area is 162 Å². The third-order valence-electron chi connectivity index (χ3n) is 5.70. The van der Waals surface area contributed by atoms with Crippen molar-refractivity contribution in [3.05, 3.63) is 29.8 Å². The largest absolute Gasteiger partial charge is 0.342 e. The molecule has 150 valence electrons. The van der Waals surface area contributed by atoms with Crippen LogP contribution in [0.5, 0.6) is 0 Å². The first-order valence-electron chi connectivity index (χ1n) is 9.93. The number of likely N-dealkylation sites (tertiary alicyclic amines) is 1. The standard InChI is InChI=1S/C20H31N3O3S/c1-15-5-7-19(8-6-15)27(25,26)22-13-17-4-3-11-23(14-17)20(24)18-9-10-21-16(2)12-18/h5-8,16-18,21-22H,3-4,9-14H2,1-2H3/t16-,17?,18-/m0/s1. The fraction of sp³-hybridized carbons (Fsp3) is 0.650. The van der Waals surface area contributed by atoms with E-state index in [-0.39, 0.29) is 17.7 Å². The van der Waals surface area contributed by atoms with Gasteiger partial charge in [0.05, 0.1) is 4.90 Å². The van der Waals surface area contributed by atoms with E-state index in [0.717, 1.165) is 44.3 Å². The summed E-state index contributed by atoms with van der Waals surface area (Å²) in [6.07, 6.45) is 3.66. The molecule has 1 aromatic carbocycles. The van der Waals surface area contributed by atoms with Crippen LogP contribution in [0.25, 0.3) is 0 Å². The number of benzene rings is 1. The molecule has 2 N–H and O–H groups in total. The van der Waals surface area contributed by atoms with Crippen molar-refractivity contribution >= 4 is 15.9 Å². The second-order valence-corrected chi connectivity index (χ2v) is 9.80. The third-order valence-corrected chi connectivity index (χ3v) is 7.14. The Bertz CT molecular complexity index is 748. The predicted molar refractivity (Wildman–Crippen MR) is 106 cm³/mol. The van der Waals surface area contributed by atoms with Crippen LogP contribution in [0, 0.1) is 18.8 Å². The highest BCUT2D eigenvalue weighted by molar-refractivity contribution is 7.89. The molecule has 0 aromatic heterocycles. The number of nitrogens with zero attached hydrogens (tertiary/aromatic N) is 1. The number of carbonyl (C=O) groups excluding carboxylic acids is 1. The first-order chi connectivity index (χ1) is 12.8. The van der Waals surface area contributed by atoms with E-state index < -0.39 is 10.0 Å². The third kappa shape index (κ3) is 5.30. The second-order valence-electron chi connectivity index (χ2n) is 8.03. The molecule has 2 aliphatic heterocycles. The number of hydrogen-bond donors (Lipinski definition) is 2. The molecule has 0 spiro atoms. The number of sulfonamides is 1. The van der Waals surface area contributed by atoms with Gasteiger partial charge in [0.2, 0.25) is 15.9 Å². The molecule has 0 aliphatic carbocycles. The van der Waals surface area contributed by atoms with E-state index in [9.17, 15) is 13.2 Å². The molecule has 2 heterocycles. The van der Waals surface area contributed by atoms with Crippen molar-refractivity contribution in [2.75, 3.05) is 26.2 Å². The van der Waals surface area contributed by atoms with Gasteiger partial charge < -0.3 is 10.2 Å². The lowest BCUT2D eigenvalue weighted by Gasteiger charge is -2.37. The number of rotatable bonds is 5. The zero-order chi connectivity index (χ0) is 19.4. The van der Waals surface area contributed by atoms with E-state index in [1.807, 2.05) is 11.8 Å². The summed E-state index contributed by atoms with van der Waals surface area (Å²) < 4.78 is 27.7. The Kier molecular flexibility index (Phi) is 6.55.